The summed E-state index contributed by atoms with van der Waals surface area (Å²) in [6.45, 7) is 3.51. The van der Waals surface area contributed by atoms with Gasteiger partial charge in [-0.3, -0.25) is 4.79 Å². The van der Waals surface area contributed by atoms with E-state index in [0.29, 0.717) is 17.5 Å². The average Bonchev–Trinajstić information content (AvgIpc) is 3.01. The van der Waals surface area contributed by atoms with E-state index in [9.17, 15) is 4.79 Å². The number of piperidine rings is 1. The number of pyridine rings is 1. The monoisotopic (exact) mass is 378 g/mol. The second-order valence-electron chi connectivity index (χ2n) is 8.06. The van der Waals surface area contributed by atoms with Crippen LogP contribution in [0.5, 0.6) is 0 Å². The molecule has 0 saturated carbocycles. The maximum atomic E-state index is 13.0. The molecule has 28 heavy (non-hydrogen) atoms. The summed E-state index contributed by atoms with van der Waals surface area (Å²) >= 11 is 0. The first-order chi connectivity index (χ1) is 13.7. The minimum atomic E-state index is 0.105. The molecule has 5 heteroatoms. The summed E-state index contributed by atoms with van der Waals surface area (Å²) in [5.41, 5.74) is 8.07. The fourth-order valence-electron chi connectivity index (χ4n) is 4.37. The van der Waals surface area contributed by atoms with Gasteiger partial charge in [0.05, 0.1) is 5.56 Å². The van der Waals surface area contributed by atoms with E-state index >= 15 is 0 Å². The van der Waals surface area contributed by atoms with E-state index in [1.54, 1.807) is 6.20 Å². The highest BCUT2D eigenvalue weighted by Gasteiger charge is 2.23. The van der Waals surface area contributed by atoms with Crippen molar-refractivity contribution in [1.29, 1.82) is 0 Å². The van der Waals surface area contributed by atoms with E-state index in [2.05, 4.69) is 40.2 Å². The van der Waals surface area contributed by atoms with E-state index in [0.717, 1.165) is 64.1 Å². The Morgan fingerprint density at radius 3 is 2.43 bits per heavy atom. The number of carbonyl (C=O) groups excluding carboxylic acids is 1. The molecule has 0 aliphatic carbocycles. The molecule has 2 aliphatic rings. The van der Waals surface area contributed by atoms with Crippen LogP contribution in [0.4, 0.5) is 5.82 Å². The molecule has 3 heterocycles. The molecule has 1 atom stereocenters. The van der Waals surface area contributed by atoms with Crippen LogP contribution in [0.25, 0.3) is 0 Å². The normalized spacial score (nSPS) is 21.4. The van der Waals surface area contributed by atoms with Crippen LogP contribution in [0.2, 0.25) is 0 Å². The van der Waals surface area contributed by atoms with Crippen LogP contribution in [-0.2, 0) is 0 Å². The number of carbonyl (C=O) groups is 1. The zero-order chi connectivity index (χ0) is 19.3. The lowest BCUT2D eigenvalue weighted by Crippen LogP contribution is -2.40. The highest BCUT2D eigenvalue weighted by molar-refractivity contribution is 5.94. The fourth-order valence-corrected chi connectivity index (χ4v) is 4.37. The number of anilines is 1. The van der Waals surface area contributed by atoms with E-state index in [-0.39, 0.29) is 5.91 Å². The number of likely N-dealkylation sites (tertiary alicyclic amines) is 1. The average molecular weight is 379 g/mol. The summed E-state index contributed by atoms with van der Waals surface area (Å²) in [6, 6.07) is 14.9. The second kappa shape index (κ2) is 8.74. The van der Waals surface area contributed by atoms with Crippen LogP contribution < -0.4 is 10.6 Å². The van der Waals surface area contributed by atoms with Crippen molar-refractivity contribution >= 4 is 11.7 Å². The third kappa shape index (κ3) is 4.36. The smallest absolute Gasteiger partial charge is 0.255 e. The molecular weight excluding hydrogens is 348 g/mol. The van der Waals surface area contributed by atoms with Gasteiger partial charge in [0.1, 0.15) is 5.82 Å². The van der Waals surface area contributed by atoms with Crippen LogP contribution in [0, 0.1) is 0 Å². The van der Waals surface area contributed by atoms with Crippen LogP contribution >= 0.6 is 0 Å². The third-order valence-corrected chi connectivity index (χ3v) is 6.14. The fraction of sp³-hybridized carbons (Fsp3) is 0.478. The largest absolute Gasteiger partial charge is 0.357 e. The molecule has 1 aromatic heterocycles. The first-order valence-corrected chi connectivity index (χ1v) is 10.5. The number of rotatable bonds is 3. The van der Waals surface area contributed by atoms with Gasteiger partial charge in [0, 0.05) is 38.4 Å². The molecule has 2 aliphatic heterocycles. The second-order valence-corrected chi connectivity index (χ2v) is 8.06. The quantitative estimate of drug-likeness (QED) is 0.889. The SMILES string of the molecule is NC1CCN(c2ccc(C(=O)N3CCC[C@@H](c4ccccc4)CC3)cn2)CC1. The van der Waals surface area contributed by atoms with Gasteiger partial charge < -0.3 is 15.5 Å². The number of amides is 1. The van der Waals surface area contributed by atoms with Crippen molar-refractivity contribution in [2.45, 2.75) is 44.1 Å². The maximum absolute atomic E-state index is 13.0. The van der Waals surface area contributed by atoms with E-state index < -0.39 is 0 Å². The summed E-state index contributed by atoms with van der Waals surface area (Å²) in [6.07, 6.45) is 6.95. The Hall–Kier alpha value is -2.40. The predicted molar refractivity (Wildman–Crippen MR) is 113 cm³/mol. The van der Waals surface area contributed by atoms with Gasteiger partial charge in [0.2, 0.25) is 0 Å². The van der Waals surface area contributed by atoms with Crippen molar-refractivity contribution < 1.29 is 4.79 Å². The lowest BCUT2D eigenvalue weighted by Gasteiger charge is -2.31. The lowest BCUT2D eigenvalue weighted by molar-refractivity contribution is 0.0760. The molecule has 2 N–H and O–H groups in total. The Kier molecular flexibility index (Phi) is 5.91. The van der Waals surface area contributed by atoms with Crippen molar-refractivity contribution in [2.24, 2.45) is 5.73 Å². The number of nitrogens with zero attached hydrogens (tertiary/aromatic N) is 3. The third-order valence-electron chi connectivity index (χ3n) is 6.14. The van der Waals surface area contributed by atoms with Crippen molar-refractivity contribution in [3.63, 3.8) is 0 Å². The van der Waals surface area contributed by atoms with E-state index in [1.165, 1.54) is 5.56 Å². The molecule has 0 spiro atoms. The van der Waals surface area contributed by atoms with E-state index in [1.807, 2.05) is 17.0 Å². The topological polar surface area (TPSA) is 62.5 Å². The van der Waals surface area contributed by atoms with Crippen LogP contribution in [0.15, 0.2) is 48.7 Å². The molecule has 4 rings (SSSR count). The number of hydrogen-bond donors (Lipinski definition) is 1. The molecule has 0 bridgehead atoms. The van der Waals surface area contributed by atoms with Gasteiger partial charge in [-0.25, -0.2) is 4.98 Å². The molecule has 0 radical (unpaired) electrons. The summed E-state index contributed by atoms with van der Waals surface area (Å²) in [4.78, 5) is 21.8. The Bertz CT molecular complexity index is 769. The van der Waals surface area contributed by atoms with Crippen LogP contribution in [0.1, 0.15) is 53.9 Å². The maximum Gasteiger partial charge on any atom is 0.255 e. The van der Waals surface area contributed by atoms with Gasteiger partial charge in [-0.2, -0.15) is 0 Å². The molecule has 1 amide bonds. The molecule has 2 aromatic rings. The first kappa shape index (κ1) is 18.9. The van der Waals surface area contributed by atoms with Gasteiger partial charge in [-0.05, 0) is 55.7 Å². The molecule has 2 saturated heterocycles. The zero-order valence-corrected chi connectivity index (χ0v) is 16.5. The van der Waals surface area contributed by atoms with Crippen LogP contribution in [-0.4, -0.2) is 48.0 Å². The Morgan fingerprint density at radius 1 is 0.929 bits per heavy atom. The van der Waals surface area contributed by atoms with Crippen LogP contribution in [0.3, 0.4) is 0 Å². The van der Waals surface area contributed by atoms with Gasteiger partial charge >= 0.3 is 0 Å². The minimum absolute atomic E-state index is 0.105. The zero-order valence-electron chi connectivity index (χ0n) is 16.5. The predicted octanol–water partition coefficient (Wildman–Crippen LogP) is 3.42. The molecule has 0 unspecified atom stereocenters. The highest BCUT2D eigenvalue weighted by Crippen LogP contribution is 2.28. The van der Waals surface area contributed by atoms with Crippen molar-refractivity contribution in [1.82, 2.24) is 9.88 Å². The number of hydrogen-bond acceptors (Lipinski definition) is 4. The van der Waals surface area contributed by atoms with Gasteiger partial charge in [-0.15, -0.1) is 0 Å². The summed E-state index contributed by atoms with van der Waals surface area (Å²) in [5, 5.41) is 0. The van der Waals surface area contributed by atoms with Gasteiger partial charge in [0.25, 0.3) is 5.91 Å². The van der Waals surface area contributed by atoms with Gasteiger partial charge in [0.15, 0.2) is 0 Å². The molecule has 5 nitrogen and oxygen atoms in total. The lowest BCUT2D eigenvalue weighted by atomic mass is 9.92. The molecule has 1 aromatic carbocycles. The van der Waals surface area contributed by atoms with Crippen molar-refractivity contribution in [3.8, 4) is 0 Å². The first-order valence-electron chi connectivity index (χ1n) is 10.5. The standard InChI is InChI=1S/C23H30N4O/c24-21-11-15-26(16-12-21)22-9-8-20(17-25-22)23(28)27-13-4-7-19(10-14-27)18-5-2-1-3-6-18/h1-3,5-6,8-9,17,19,21H,4,7,10-16,24H2/t19-/m1/s1. The van der Waals surface area contributed by atoms with E-state index in [4.69, 9.17) is 5.73 Å². The molecular formula is C23H30N4O. The summed E-state index contributed by atoms with van der Waals surface area (Å²) < 4.78 is 0. The Balaban J connectivity index is 1.37. The van der Waals surface area contributed by atoms with Crippen molar-refractivity contribution in [2.75, 3.05) is 31.1 Å². The summed E-state index contributed by atoms with van der Waals surface area (Å²) in [5.74, 6) is 1.60. The molecule has 148 valence electrons. The summed E-state index contributed by atoms with van der Waals surface area (Å²) in [7, 11) is 0. The number of benzene rings is 1. The number of nitrogens with two attached hydrogens (primary N) is 1. The highest BCUT2D eigenvalue weighted by atomic mass is 16.2. The Morgan fingerprint density at radius 2 is 1.71 bits per heavy atom. The van der Waals surface area contributed by atoms with Gasteiger partial charge in [-0.1, -0.05) is 30.3 Å². The Labute approximate surface area is 167 Å². The molecule has 2 fully saturated rings. The number of aromatic nitrogens is 1. The minimum Gasteiger partial charge on any atom is -0.357 e. The van der Waals surface area contributed by atoms with Crippen molar-refractivity contribution in [3.05, 3.63) is 59.8 Å².